The van der Waals surface area contributed by atoms with Gasteiger partial charge in [-0.15, -0.1) is 10.2 Å². The number of pyridine rings is 1. The van der Waals surface area contributed by atoms with Crippen LogP contribution in [0.1, 0.15) is 19.3 Å². The van der Waals surface area contributed by atoms with Crippen molar-refractivity contribution in [3.05, 3.63) is 36.4 Å². The average Bonchev–Trinajstić information content (AvgIpc) is 2.73. The van der Waals surface area contributed by atoms with Crippen molar-refractivity contribution in [1.82, 2.24) is 4.98 Å². The van der Waals surface area contributed by atoms with E-state index in [4.69, 9.17) is 31.4 Å². The molecule has 1 aromatic carbocycles. The van der Waals surface area contributed by atoms with Crippen LogP contribution in [0.25, 0.3) is 0 Å². The minimum Gasteiger partial charge on any atom is -0.465 e. The second-order valence-electron chi connectivity index (χ2n) is 6.84. The Bertz CT molecular complexity index is 982. The van der Waals surface area contributed by atoms with Crippen molar-refractivity contribution in [3.8, 4) is 5.75 Å². The van der Waals surface area contributed by atoms with Gasteiger partial charge in [0.2, 0.25) is 5.91 Å². The monoisotopic (exact) mass is 465 g/mol. The number of unbranched alkanes of at least 4 members (excludes halogenated alkanes) is 1. The fraction of sp³-hybridized carbons (Fsp3) is 0.368. The summed E-state index contributed by atoms with van der Waals surface area (Å²) in [5, 5.41) is 10.8. The Kier molecular flexibility index (Phi) is 9.69. The molecule has 2 atom stereocenters. The highest BCUT2D eigenvalue weighted by molar-refractivity contribution is 7.51. The first-order valence-corrected chi connectivity index (χ1v) is 11.8. The fourth-order valence-corrected chi connectivity index (χ4v) is 2.69. The van der Waals surface area contributed by atoms with Crippen molar-refractivity contribution in [1.29, 1.82) is 0 Å². The number of nitrogens with zero attached hydrogens (tertiary/aromatic N) is 3. The maximum absolute atomic E-state index is 12.2. The van der Waals surface area contributed by atoms with Gasteiger partial charge in [-0.2, -0.15) is 0 Å². The molecule has 0 radical (unpaired) electrons. The molecule has 0 spiro atoms. The first-order chi connectivity index (χ1) is 15.2. The SMILES string of the molecule is CP(=O)(O)OCOc1ccccc1/N=N/c1ccc(NC(=O)[C@@H](N)CCCCN)nc1N. The second-order valence-corrected chi connectivity index (χ2v) is 8.71. The Morgan fingerprint density at radius 3 is 2.62 bits per heavy atom. The molecular formula is C19H28N7O5P. The van der Waals surface area contributed by atoms with E-state index in [0.717, 1.165) is 19.5 Å². The van der Waals surface area contributed by atoms with Crippen LogP contribution in [-0.2, 0) is 13.9 Å². The van der Waals surface area contributed by atoms with Gasteiger partial charge >= 0.3 is 7.60 Å². The normalized spacial score (nSPS) is 14.1. The molecule has 1 unspecified atom stereocenters. The molecule has 0 saturated carbocycles. The van der Waals surface area contributed by atoms with Crippen molar-refractivity contribution < 1.29 is 23.5 Å². The third kappa shape index (κ3) is 8.69. The van der Waals surface area contributed by atoms with E-state index in [1.807, 2.05) is 0 Å². The number of nitrogens with one attached hydrogen (secondary N) is 1. The van der Waals surface area contributed by atoms with Crippen LogP contribution in [0.3, 0.4) is 0 Å². The average molecular weight is 465 g/mol. The molecule has 1 heterocycles. The molecule has 2 aromatic rings. The molecule has 8 N–H and O–H groups in total. The number of ether oxygens (including phenoxy) is 1. The summed E-state index contributed by atoms with van der Waals surface area (Å²) < 4.78 is 21.2. The number of amides is 1. The summed E-state index contributed by atoms with van der Waals surface area (Å²) in [6.07, 6.45) is 2.08. The molecule has 12 nitrogen and oxygen atoms in total. The standard InChI is InChI=1S/C19H28N7O5P/c1-32(28,29)31-12-30-16-8-3-2-7-14(16)25-26-15-9-10-17(23-18(15)22)24-19(27)13(21)6-4-5-11-20/h2-3,7-10,13H,4-6,11-12,20-21H2,1H3,(H,28,29)(H3,22,23,24,27)/b26-25+/t13-/m0/s1. The van der Waals surface area contributed by atoms with Crippen molar-refractivity contribution in [2.45, 2.75) is 25.3 Å². The van der Waals surface area contributed by atoms with E-state index in [1.165, 1.54) is 6.07 Å². The van der Waals surface area contributed by atoms with Crippen LogP contribution >= 0.6 is 7.60 Å². The lowest BCUT2D eigenvalue weighted by molar-refractivity contribution is -0.117. The molecular weight excluding hydrogens is 437 g/mol. The first kappa shape index (κ1) is 25.4. The zero-order valence-corrected chi connectivity index (χ0v) is 18.6. The molecule has 2 rings (SSSR count). The number of aromatic nitrogens is 1. The summed E-state index contributed by atoms with van der Waals surface area (Å²) >= 11 is 0. The van der Waals surface area contributed by atoms with Crippen molar-refractivity contribution in [2.75, 3.05) is 31.1 Å². The number of azo groups is 1. The van der Waals surface area contributed by atoms with E-state index in [0.29, 0.717) is 24.4 Å². The molecule has 1 amide bonds. The smallest absolute Gasteiger partial charge is 0.327 e. The number of hydrogen-bond acceptors (Lipinski definition) is 10. The van der Waals surface area contributed by atoms with Gasteiger partial charge in [-0.3, -0.25) is 13.9 Å². The molecule has 0 aliphatic rings. The van der Waals surface area contributed by atoms with Gasteiger partial charge in [-0.25, -0.2) is 4.98 Å². The van der Waals surface area contributed by atoms with E-state index < -0.39 is 20.4 Å². The lowest BCUT2D eigenvalue weighted by Crippen LogP contribution is -2.35. The van der Waals surface area contributed by atoms with Gasteiger partial charge < -0.3 is 32.1 Å². The third-order valence-electron chi connectivity index (χ3n) is 4.10. The summed E-state index contributed by atoms with van der Waals surface area (Å²) in [5.74, 6) is 0.228. The lowest BCUT2D eigenvalue weighted by Gasteiger charge is -2.12. The Morgan fingerprint density at radius 2 is 1.94 bits per heavy atom. The quantitative estimate of drug-likeness (QED) is 0.135. The van der Waals surface area contributed by atoms with E-state index in [9.17, 15) is 9.36 Å². The van der Waals surface area contributed by atoms with Gasteiger partial charge in [0.25, 0.3) is 0 Å². The van der Waals surface area contributed by atoms with Crippen LogP contribution in [0.15, 0.2) is 46.6 Å². The van der Waals surface area contributed by atoms with E-state index in [-0.39, 0.29) is 23.2 Å². The highest BCUT2D eigenvalue weighted by Gasteiger charge is 2.14. The second kappa shape index (κ2) is 12.2. The number of para-hydroxylation sites is 1. The Hall–Kier alpha value is -2.89. The minimum atomic E-state index is -3.66. The fourth-order valence-electron chi connectivity index (χ4n) is 2.44. The van der Waals surface area contributed by atoms with Crippen LogP contribution in [0.2, 0.25) is 0 Å². The summed E-state index contributed by atoms with van der Waals surface area (Å²) in [6.45, 7) is 1.18. The van der Waals surface area contributed by atoms with Crippen LogP contribution in [0, 0.1) is 0 Å². The molecule has 174 valence electrons. The summed E-state index contributed by atoms with van der Waals surface area (Å²) in [5.41, 5.74) is 17.9. The third-order valence-corrected chi connectivity index (χ3v) is 4.68. The summed E-state index contributed by atoms with van der Waals surface area (Å²) in [6, 6.07) is 9.07. The zero-order chi connectivity index (χ0) is 23.6. The molecule has 0 aliphatic heterocycles. The van der Waals surface area contributed by atoms with Crippen LogP contribution in [-0.4, -0.2) is 41.8 Å². The Morgan fingerprint density at radius 1 is 1.22 bits per heavy atom. The molecule has 0 bridgehead atoms. The number of nitrogens with two attached hydrogens (primary N) is 3. The van der Waals surface area contributed by atoms with E-state index in [1.54, 1.807) is 30.3 Å². The lowest BCUT2D eigenvalue weighted by atomic mass is 10.1. The highest BCUT2D eigenvalue weighted by atomic mass is 31.2. The minimum absolute atomic E-state index is 0.0530. The van der Waals surface area contributed by atoms with Gasteiger partial charge in [0.1, 0.15) is 22.9 Å². The largest absolute Gasteiger partial charge is 0.465 e. The van der Waals surface area contributed by atoms with Gasteiger partial charge in [-0.1, -0.05) is 18.6 Å². The molecule has 1 aromatic heterocycles. The Labute approximate surface area is 185 Å². The van der Waals surface area contributed by atoms with Crippen LogP contribution in [0.4, 0.5) is 23.0 Å². The summed E-state index contributed by atoms with van der Waals surface area (Å²) in [4.78, 5) is 25.4. The highest BCUT2D eigenvalue weighted by Crippen LogP contribution is 2.37. The number of nitrogen functional groups attached to an aromatic ring is 1. The maximum Gasteiger partial charge on any atom is 0.327 e. The van der Waals surface area contributed by atoms with E-state index in [2.05, 4.69) is 20.5 Å². The molecule has 0 saturated heterocycles. The Balaban J connectivity index is 2.02. The predicted molar refractivity (Wildman–Crippen MR) is 121 cm³/mol. The van der Waals surface area contributed by atoms with Crippen molar-refractivity contribution >= 4 is 36.5 Å². The zero-order valence-electron chi connectivity index (χ0n) is 17.7. The molecule has 32 heavy (non-hydrogen) atoms. The van der Waals surface area contributed by atoms with Crippen molar-refractivity contribution in [2.24, 2.45) is 21.7 Å². The number of rotatable bonds is 12. The molecule has 0 fully saturated rings. The van der Waals surface area contributed by atoms with Gasteiger partial charge in [-0.05, 0) is 43.7 Å². The predicted octanol–water partition coefficient (Wildman–Crippen LogP) is 2.64. The number of benzene rings is 1. The van der Waals surface area contributed by atoms with Crippen LogP contribution in [0.5, 0.6) is 5.75 Å². The number of carbonyl (C=O) groups excluding carboxylic acids is 1. The first-order valence-electron chi connectivity index (χ1n) is 9.81. The van der Waals surface area contributed by atoms with Crippen LogP contribution < -0.4 is 27.3 Å². The number of anilines is 2. The van der Waals surface area contributed by atoms with Gasteiger partial charge in [0.05, 0.1) is 6.04 Å². The number of carbonyl (C=O) groups is 1. The van der Waals surface area contributed by atoms with Gasteiger partial charge in [0, 0.05) is 6.66 Å². The van der Waals surface area contributed by atoms with Crippen molar-refractivity contribution in [3.63, 3.8) is 0 Å². The maximum atomic E-state index is 12.2. The molecule has 0 aliphatic carbocycles. The molecule has 13 heteroatoms. The topological polar surface area (TPSA) is 201 Å². The van der Waals surface area contributed by atoms with Gasteiger partial charge in [0.15, 0.2) is 12.6 Å². The number of hydrogen-bond donors (Lipinski definition) is 5. The summed E-state index contributed by atoms with van der Waals surface area (Å²) in [7, 11) is -3.66. The van der Waals surface area contributed by atoms with E-state index >= 15 is 0 Å².